The third-order valence-electron chi connectivity index (χ3n) is 15.3. The second kappa shape index (κ2) is 20.4. The maximum Gasteiger partial charge on any atom is 0.407 e. The fourth-order valence-electron chi connectivity index (χ4n) is 11.3. The molecule has 6 aromatic rings. The van der Waals surface area contributed by atoms with E-state index in [-0.39, 0.29) is 35.6 Å². The van der Waals surface area contributed by atoms with Gasteiger partial charge >= 0.3 is 12.2 Å². The van der Waals surface area contributed by atoms with E-state index in [1.807, 2.05) is 66.2 Å². The third-order valence-corrected chi connectivity index (χ3v) is 15.3. The Morgan fingerprint density at radius 3 is 2.34 bits per heavy atom. The fraction of sp³-hybridized carbons (Fsp3) is 0.455. The summed E-state index contributed by atoms with van der Waals surface area (Å²) in [6.07, 6.45) is 7.53. The standard InChI is InChI=1S/C55H64N8O8/c1-6-32(3)47(60-54(66)68-4)52(64)62-26-31(2)20-44(62)50-56-25-43(58-50)37-16-18-39-38(22-37)30-71-46-24-40-36(23-41(39)46)17-19-42-49(40)59-51(57-42)45-21-34(29-70-28-33-12-10-11-13-33)27-63(45)53(65)48(61-55(67)69-5)35-14-8-7-9-15-35/h7-9,14-19,22-25,31-34,44-45,47-48H,6,10-13,20-21,26-30H2,1-5H3,(H,56,58)(H,57,59)(H,60,66)(H,61,67)/t31-,32-,34-,44-,45-,47-,48+/m0/s1. The van der Waals surface area contributed by atoms with Crippen molar-refractivity contribution < 1.29 is 38.1 Å². The average molecular weight is 965 g/mol. The van der Waals surface area contributed by atoms with Gasteiger partial charge in [-0.2, -0.15) is 0 Å². The minimum Gasteiger partial charge on any atom is -0.488 e. The van der Waals surface area contributed by atoms with Gasteiger partial charge in [-0.1, -0.05) is 88.6 Å². The number of amides is 4. The molecule has 4 N–H and O–H groups in total. The normalized spacial score (nSPS) is 21.1. The summed E-state index contributed by atoms with van der Waals surface area (Å²) < 4.78 is 22.7. The molecule has 3 fully saturated rings. The lowest BCUT2D eigenvalue weighted by Crippen LogP contribution is -2.51. The molecule has 71 heavy (non-hydrogen) atoms. The Morgan fingerprint density at radius 1 is 0.817 bits per heavy atom. The van der Waals surface area contributed by atoms with Gasteiger partial charge in [0.2, 0.25) is 5.91 Å². The number of carbonyl (C=O) groups excluding carboxylic acids is 4. The number of aromatic amines is 2. The Kier molecular flexibility index (Phi) is 13.7. The molecule has 1 saturated carbocycles. The predicted octanol–water partition coefficient (Wildman–Crippen LogP) is 9.54. The van der Waals surface area contributed by atoms with Crippen LogP contribution in [0.4, 0.5) is 9.59 Å². The highest BCUT2D eigenvalue weighted by Crippen LogP contribution is 2.44. The maximum atomic E-state index is 14.7. The second-order valence-corrected chi connectivity index (χ2v) is 20.1. The first-order chi connectivity index (χ1) is 34.5. The van der Waals surface area contributed by atoms with E-state index < -0.39 is 30.3 Å². The van der Waals surface area contributed by atoms with Crippen molar-refractivity contribution in [2.45, 2.75) is 96.5 Å². The van der Waals surface area contributed by atoms with Gasteiger partial charge in [-0.15, -0.1) is 0 Å². The number of hydrogen-bond donors (Lipinski definition) is 4. The number of imidazole rings is 2. The zero-order valence-corrected chi connectivity index (χ0v) is 41.2. The lowest BCUT2D eigenvalue weighted by atomic mass is 9.92. The molecule has 3 aliphatic heterocycles. The molecule has 2 aromatic heterocycles. The molecule has 0 unspecified atom stereocenters. The SMILES string of the molecule is CC[C@H](C)[C@H](NC(=O)OC)C(=O)N1C[C@@H](C)C[C@H]1c1ncc(-c2ccc3c(c2)COc2cc4c(ccc5[nH]c([C@@H]6C[C@H](COCC7CCCC7)CN6C(=O)[C@H](NC(=O)OC)c6ccccc6)nc54)cc2-3)[nH]1. The van der Waals surface area contributed by atoms with Crippen molar-refractivity contribution in [1.82, 2.24) is 40.4 Å². The number of carbonyl (C=O) groups is 4. The molecule has 0 bridgehead atoms. The minimum absolute atomic E-state index is 0.0731. The highest BCUT2D eigenvalue weighted by molar-refractivity contribution is 6.07. The summed E-state index contributed by atoms with van der Waals surface area (Å²) in [5.74, 6) is 2.60. The molecular weight excluding hydrogens is 901 g/mol. The molecule has 4 aromatic carbocycles. The topological polar surface area (TPSA) is 193 Å². The van der Waals surface area contributed by atoms with Crippen molar-refractivity contribution >= 4 is 45.8 Å². The van der Waals surface area contributed by atoms with Gasteiger partial charge < -0.3 is 49.3 Å². The summed E-state index contributed by atoms with van der Waals surface area (Å²) in [6.45, 7) is 8.74. The highest BCUT2D eigenvalue weighted by Gasteiger charge is 2.43. The summed E-state index contributed by atoms with van der Waals surface area (Å²) in [5.41, 5.74) is 7.17. The van der Waals surface area contributed by atoms with Gasteiger partial charge in [0.05, 0.1) is 55.8 Å². The number of nitrogens with one attached hydrogen (secondary N) is 4. The molecule has 0 spiro atoms. The molecule has 16 nitrogen and oxygen atoms in total. The Balaban J connectivity index is 0.909. The van der Waals surface area contributed by atoms with Crippen LogP contribution in [-0.2, 0) is 30.4 Å². The van der Waals surface area contributed by atoms with Crippen LogP contribution in [0.3, 0.4) is 0 Å². The molecule has 10 rings (SSSR count). The molecule has 7 atom stereocenters. The van der Waals surface area contributed by atoms with Crippen LogP contribution in [-0.4, -0.2) is 100 Å². The number of hydrogen-bond acceptors (Lipinski definition) is 10. The van der Waals surface area contributed by atoms with E-state index in [4.69, 9.17) is 28.9 Å². The van der Waals surface area contributed by atoms with Gasteiger partial charge in [0, 0.05) is 36.6 Å². The van der Waals surface area contributed by atoms with Crippen LogP contribution in [0.1, 0.15) is 107 Å². The molecular formula is C55H64N8O8. The van der Waals surface area contributed by atoms with Crippen molar-refractivity contribution in [3.8, 4) is 28.1 Å². The first kappa shape index (κ1) is 47.7. The van der Waals surface area contributed by atoms with Crippen LogP contribution >= 0.6 is 0 Å². The predicted molar refractivity (Wildman–Crippen MR) is 268 cm³/mol. The zero-order chi connectivity index (χ0) is 49.3. The van der Waals surface area contributed by atoms with E-state index in [0.717, 1.165) is 75.0 Å². The molecule has 4 amide bonds. The van der Waals surface area contributed by atoms with Crippen molar-refractivity contribution in [3.63, 3.8) is 0 Å². The molecule has 0 radical (unpaired) electrons. The van der Waals surface area contributed by atoms with E-state index in [2.05, 4.69) is 63.9 Å². The first-order valence-electron chi connectivity index (χ1n) is 25.2. The van der Waals surface area contributed by atoms with Crippen LogP contribution in [0, 0.1) is 23.7 Å². The Hall–Kier alpha value is -6.94. The minimum atomic E-state index is -0.954. The highest BCUT2D eigenvalue weighted by atomic mass is 16.5. The number of ether oxygens (including phenoxy) is 4. The van der Waals surface area contributed by atoms with Crippen LogP contribution in [0.25, 0.3) is 44.2 Å². The van der Waals surface area contributed by atoms with E-state index in [9.17, 15) is 19.2 Å². The van der Waals surface area contributed by atoms with Crippen molar-refractivity contribution in [3.05, 3.63) is 102 Å². The van der Waals surface area contributed by atoms with Crippen LogP contribution in [0.15, 0.2) is 79.0 Å². The summed E-state index contributed by atoms with van der Waals surface area (Å²) in [4.78, 5) is 74.5. The second-order valence-electron chi connectivity index (χ2n) is 20.1. The monoisotopic (exact) mass is 964 g/mol. The summed E-state index contributed by atoms with van der Waals surface area (Å²) >= 11 is 0. The van der Waals surface area contributed by atoms with Gasteiger partial charge in [-0.3, -0.25) is 9.59 Å². The summed E-state index contributed by atoms with van der Waals surface area (Å²) in [5, 5.41) is 7.51. The number of rotatable bonds is 14. The van der Waals surface area contributed by atoms with Gasteiger partial charge in [0.1, 0.15) is 36.1 Å². The van der Waals surface area contributed by atoms with E-state index in [0.29, 0.717) is 55.9 Å². The van der Waals surface area contributed by atoms with Gasteiger partial charge in [-0.25, -0.2) is 19.6 Å². The molecule has 1 aliphatic carbocycles. The maximum absolute atomic E-state index is 14.7. The third kappa shape index (κ3) is 9.65. The van der Waals surface area contributed by atoms with Crippen LogP contribution in [0.2, 0.25) is 0 Å². The number of H-pyrrole nitrogens is 2. The number of methoxy groups -OCH3 is 2. The summed E-state index contributed by atoms with van der Waals surface area (Å²) in [6, 6.07) is 21.6. The van der Waals surface area contributed by atoms with E-state index >= 15 is 0 Å². The Bertz CT molecular complexity index is 2930. The largest absolute Gasteiger partial charge is 0.488 e. The number of nitrogens with zero attached hydrogens (tertiary/aromatic N) is 4. The summed E-state index contributed by atoms with van der Waals surface area (Å²) in [7, 11) is 2.60. The molecule has 4 aliphatic rings. The molecule has 16 heteroatoms. The number of likely N-dealkylation sites (tertiary alicyclic amines) is 2. The van der Waals surface area contributed by atoms with Crippen LogP contribution in [0.5, 0.6) is 5.75 Å². The molecule has 5 heterocycles. The van der Waals surface area contributed by atoms with Gasteiger partial charge in [0.15, 0.2) is 0 Å². The smallest absolute Gasteiger partial charge is 0.407 e. The van der Waals surface area contributed by atoms with E-state index in [1.165, 1.54) is 39.9 Å². The average Bonchev–Trinajstić information content (AvgIpc) is 4.27. The lowest BCUT2D eigenvalue weighted by Gasteiger charge is -2.30. The molecule has 372 valence electrons. The molecule has 2 saturated heterocycles. The first-order valence-corrected chi connectivity index (χ1v) is 25.2. The number of aromatic nitrogens is 4. The van der Waals surface area contributed by atoms with Crippen molar-refractivity contribution in [2.75, 3.05) is 40.5 Å². The fourth-order valence-corrected chi connectivity index (χ4v) is 11.3. The number of benzene rings is 4. The Labute approximate surface area is 413 Å². The number of alkyl carbamates (subject to hydrolysis) is 2. The Morgan fingerprint density at radius 2 is 1.56 bits per heavy atom. The zero-order valence-electron chi connectivity index (χ0n) is 41.2. The van der Waals surface area contributed by atoms with Gasteiger partial charge in [0.25, 0.3) is 5.91 Å². The van der Waals surface area contributed by atoms with Crippen molar-refractivity contribution in [2.24, 2.45) is 23.7 Å². The lowest BCUT2D eigenvalue weighted by molar-refractivity contribution is -0.136. The van der Waals surface area contributed by atoms with Gasteiger partial charge in [-0.05, 0) is 95.3 Å². The van der Waals surface area contributed by atoms with Crippen molar-refractivity contribution in [1.29, 1.82) is 0 Å². The van der Waals surface area contributed by atoms with Crippen LogP contribution < -0.4 is 15.4 Å². The van der Waals surface area contributed by atoms with E-state index in [1.54, 1.807) is 0 Å². The quantitative estimate of drug-likeness (QED) is 0.0817. The number of fused-ring (bicyclic) bond motifs is 6.